The van der Waals surface area contributed by atoms with Crippen molar-refractivity contribution in [2.45, 2.75) is 79.1 Å². The zero-order chi connectivity index (χ0) is 29.9. The lowest BCUT2D eigenvalue weighted by Crippen LogP contribution is -2.50. The van der Waals surface area contributed by atoms with E-state index in [1.54, 1.807) is 27.7 Å². The third-order valence-electron chi connectivity index (χ3n) is 4.52. The smallest absolute Gasteiger partial charge is 0.377 e. The summed E-state index contributed by atoms with van der Waals surface area (Å²) in [4.78, 5) is 102. The zero-order valence-corrected chi connectivity index (χ0v) is 22.6. The van der Waals surface area contributed by atoms with Crippen molar-refractivity contribution >= 4 is 47.6 Å². The molecule has 39 heavy (non-hydrogen) atoms. The fourth-order valence-electron chi connectivity index (χ4n) is 2.82. The highest BCUT2D eigenvalue weighted by Gasteiger charge is 2.46. The Bertz CT molecular complexity index is 956. The number of carbonyl (C=O) groups is 8. The second-order valence-electron chi connectivity index (χ2n) is 9.28. The van der Waals surface area contributed by atoms with Gasteiger partial charge < -0.3 is 28.5 Å². The van der Waals surface area contributed by atoms with Crippen LogP contribution in [0.2, 0.25) is 0 Å². The largest absolute Gasteiger partial charge is 0.465 e. The van der Waals surface area contributed by atoms with Crippen molar-refractivity contribution in [1.82, 2.24) is 5.06 Å². The average Bonchev–Trinajstić information content (AvgIpc) is 3.14. The summed E-state index contributed by atoms with van der Waals surface area (Å²) in [6.07, 6.45) is -7.93. The number of hydroxylamine groups is 2. The van der Waals surface area contributed by atoms with Crippen LogP contribution in [0.3, 0.4) is 0 Å². The van der Waals surface area contributed by atoms with Crippen molar-refractivity contribution in [3.63, 3.8) is 0 Å². The minimum atomic E-state index is -2.36. The summed E-state index contributed by atoms with van der Waals surface area (Å²) in [6.45, 7) is 8.60. The molecule has 1 rings (SSSR count). The Labute approximate surface area is 224 Å². The number of carbonyl (C=O) groups excluding carboxylic acids is 8. The molecule has 1 fully saturated rings. The van der Waals surface area contributed by atoms with E-state index in [4.69, 9.17) is 28.5 Å². The molecule has 0 aromatic rings. The molecule has 0 N–H and O–H groups in total. The number of ether oxygens (including phenoxy) is 5. The first-order chi connectivity index (χ1) is 18.1. The standard InChI is InChI=1S/C24H33NO14/c1-12(2)10-34-19(30)9-16(22(31)35-11-13(3)4)38-23(32)20(36-14(5)26)21(37-15(6)27)24(33)39-25-17(28)7-8-18(25)29/h12-13,16,20-21H,7-11H2,1-6H3/t16-,20-,21-/m1/s1. The molecule has 0 unspecified atom stereocenters. The lowest BCUT2D eigenvalue weighted by molar-refractivity contribution is -0.214. The summed E-state index contributed by atoms with van der Waals surface area (Å²) in [7, 11) is 0. The fourth-order valence-corrected chi connectivity index (χ4v) is 2.82. The monoisotopic (exact) mass is 559 g/mol. The molecule has 1 heterocycles. The van der Waals surface area contributed by atoms with E-state index in [0.29, 0.717) is 0 Å². The van der Waals surface area contributed by atoms with Gasteiger partial charge in [0.25, 0.3) is 11.8 Å². The van der Waals surface area contributed by atoms with Crippen LogP contribution < -0.4 is 0 Å². The van der Waals surface area contributed by atoms with E-state index in [1.165, 1.54) is 0 Å². The molecular formula is C24H33NO14. The predicted octanol–water partition coefficient (Wildman–Crippen LogP) is 0.157. The van der Waals surface area contributed by atoms with Crippen LogP contribution in [0.4, 0.5) is 0 Å². The highest BCUT2D eigenvalue weighted by atomic mass is 16.7. The van der Waals surface area contributed by atoms with Gasteiger partial charge in [-0.05, 0) is 11.8 Å². The van der Waals surface area contributed by atoms with Crippen molar-refractivity contribution in [2.24, 2.45) is 11.8 Å². The number of amides is 2. The van der Waals surface area contributed by atoms with E-state index in [-0.39, 0.29) is 43.0 Å². The molecule has 1 saturated heterocycles. The van der Waals surface area contributed by atoms with Gasteiger partial charge in [-0.15, -0.1) is 5.06 Å². The summed E-state index contributed by atoms with van der Waals surface area (Å²) in [5, 5.41) is 0.117. The molecule has 0 radical (unpaired) electrons. The predicted molar refractivity (Wildman–Crippen MR) is 124 cm³/mol. The van der Waals surface area contributed by atoms with E-state index in [2.05, 4.69) is 0 Å². The lowest BCUT2D eigenvalue weighted by Gasteiger charge is -2.26. The van der Waals surface area contributed by atoms with Crippen LogP contribution in [0, 0.1) is 11.8 Å². The molecule has 0 spiro atoms. The normalized spacial score (nSPS) is 15.3. The SMILES string of the molecule is CC(=O)O[C@@H](C(=O)O[C@H](CC(=O)OCC(C)C)C(=O)OCC(C)C)[C@@H](OC(C)=O)C(=O)ON1C(=O)CCC1=O. The Kier molecular flexibility index (Phi) is 13.0. The highest BCUT2D eigenvalue weighted by molar-refractivity contribution is 6.02. The number of esters is 5. The van der Waals surface area contributed by atoms with Crippen LogP contribution in [0.25, 0.3) is 0 Å². The molecule has 0 saturated carbocycles. The van der Waals surface area contributed by atoms with Crippen molar-refractivity contribution in [3.05, 3.63) is 0 Å². The summed E-state index contributed by atoms with van der Waals surface area (Å²) >= 11 is 0. The van der Waals surface area contributed by atoms with Crippen LogP contribution in [0.15, 0.2) is 0 Å². The van der Waals surface area contributed by atoms with Gasteiger partial charge >= 0.3 is 35.8 Å². The van der Waals surface area contributed by atoms with Gasteiger partial charge in [-0.1, -0.05) is 27.7 Å². The molecule has 1 aliphatic heterocycles. The van der Waals surface area contributed by atoms with E-state index in [0.717, 1.165) is 13.8 Å². The third kappa shape index (κ3) is 11.5. The average molecular weight is 560 g/mol. The zero-order valence-electron chi connectivity index (χ0n) is 22.6. The van der Waals surface area contributed by atoms with Gasteiger partial charge in [-0.2, -0.15) is 0 Å². The topological polar surface area (TPSA) is 195 Å². The van der Waals surface area contributed by atoms with Crippen LogP contribution >= 0.6 is 0 Å². The first-order valence-electron chi connectivity index (χ1n) is 12.1. The van der Waals surface area contributed by atoms with E-state index < -0.39 is 72.4 Å². The number of hydrogen-bond donors (Lipinski definition) is 0. The second kappa shape index (κ2) is 15.4. The quantitative estimate of drug-likeness (QED) is 0.158. The van der Waals surface area contributed by atoms with E-state index in [1.807, 2.05) is 0 Å². The number of hydrogen-bond acceptors (Lipinski definition) is 14. The Morgan fingerprint density at radius 3 is 1.62 bits per heavy atom. The molecule has 0 bridgehead atoms. The summed E-state index contributed by atoms with van der Waals surface area (Å²) in [6, 6.07) is 0. The van der Waals surface area contributed by atoms with Gasteiger partial charge in [0, 0.05) is 26.7 Å². The highest BCUT2D eigenvalue weighted by Crippen LogP contribution is 2.18. The molecule has 1 aliphatic rings. The molecule has 0 aromatic heterocycles. The van der Waals surface area contributed by atoms with Gasteiger partial charge in [-0.25, -0.2) is 14.4 Å². The first kappa shape index (κ1) is 33.0. The molecule has 218 valence electrons. The maximum atomic E-state index is 13.1. The Balaban J connectivity index is 3.25. The van der Waals surface area contributed by atoms with Gasteiger partial charge in [0.2, 0.25) is 18.3 Å². The Morgan fingerprint density at radius 1 is 0.692 bits per heavy atom. The van der Waals surface area contributed by atoms with Gasteiger partial charge in [0.05, 0.1) is 19.6 Å². The maximum Gasteiger partial charge on any atom is 0.377 e. The van der Waals surface area contributed by atoms with Gasteiger partial charge in [-0.3, -0.25) is 24.0 Å². The summed E-state index contributed by atoms with van der Waals surface area (Å²) in [5.74, 6) is -9.51. The Hall–Kier alpha value is -4.04. The van der Waals surface area contributed by atoms with Crippen molar-refractivity contribution in [1.29, 1.82) is 0 Å². The van der Waals surface area contributed by atoms with E-state index >= 15 is 0 Å². The summed E-state index contributed by atoms with van der Waals surface area (Å²) in [5.41, 5.74) is 0. The minimum Gasteiger partial charge on any atom is -0.465 e. The molecule has 15 nitrogen and oxygen atoms in total. The first-order valence-corrected chi connectivity index (χ1v) is 12.1. The van der Waals surface area contributed by atoms with Gasteiger partial charge in [0.15, 0.2) is 0 Å². The number of rotatable bonds is 14. The fraction of sp³-hybridized carbons (Fsp3) is 0.667. The Morgan fingerprint density at radius 2 is 1.15 bits per heavy atom. The maximum absolute atomic E-state index is 13.1. The molecule has 3 atom stereocenters. The molecule has 2 amide bonds. The van der Waals surface area contributed by atoms with Crippen molar-refractivity contribution in [2.75, 3.05) is 13.2 Å². The summed E-state index contributed by atoms with van der Waals surface area (Å²) < 4.78 is 24.8. The van der Waals surface area contributed by atoms with Gasteiger partial charge in [0.1, 0.15) is 0 Å². The molecule has 0 aliphatic carbocycles. The lowest BCUT2D eigenvalue weighted by atomic mass is 10.2. The van der Waals surface area contributed by atoms with Crippen LogP contribution in [-0.2, 0) is 66.9 Å². The van der Waals surface area contributed by atoms with Crippen LogP contribution in [0.1, 0.15) is 60.8 Å². The molecular weight excluding hydrogens is 526 g/mol. The number of imide groups is 1. The third-order valence-corrected chi connectivity index (χ3v) is 4.52. The second-order valence-corrected chi connectivity index (χ2v) is 9.28. The van der Waals surface area contributed by atoms with Crippen LogP contribution in [0.5, 0.6) is 0 Å². The van der Waals surface area contributed by atoms with Crippen molar-refractivity contribution < 1.29 is 66.9 Å². The van der Waals surface area contributed by atoms with E-state index in [9.17, 15) is 38.4 Å². The molecule has 15 heteroatoms. The van der Waals surface area contributed by atoms with Crippen molar-refractivity contribution in [3.8, 4) is 0 Å². The number of nitrogens with zero attached hydrogens (tertiary/aromatic N) is 1. The molecule has 0 aromatic carbocycles. The minimum absolute atomic E-state index is 0.00488. The van der Waals surface area contributed by atoms with Crippen LogP contribution in [-0.4, -0.2) is 84.2 Å².